The molecule has 1 saturated heterocycles. The maximum Gasteiger partial charge on any atom is 0.340 e. The van der Waals surface area contributed by atoms with E-state index in [1.165, 1.54) is 13.5 Å². The molecule has 116 valence electrons. The Morgan fingerprint density at radius 1 is 1.43 bits per heavy atom. The van der Waals surface area contributed by atoms with Gasteiger partial charge in [-0.3, -0.25) is 0 Å². The second kappa shape index (κ2) is 6.78. The summed E-state index contributed by atoms with van der Waals surface area (Å²) in [6, 6.07) is 1.75. The quantitative estimate of drug-likeness (QED) is 0.867. The molecule has 0 aliphatic carbocycles. The number of pyridine rings is 1. The number of carbonyl (C=O) groups is 1. The normalized spacial score (nSPS) is 19.4. The number of nitrogens with two attached hydrogens (primary N) is 1. The van der Waals surface area contributed by atoms with Crippen molar-refractivity contribution in [3.8, 4) is 0 Å². The second-order valence-corrected chi connectivity index (χ2v) is 6.04. The van der Waals surface area contributed by atoms with Gasteiger partial charge in [-0.15, -0.1) is 0 Å². The molecular formula is C16H25N3O2. The van der Waals surface area contributed by atoms with Crippen LogP contribution in [0.15, 0.2) is 12.3 Å². The first-order valence-corrected chi connectivity index (χ1v) is 7.61. The number of anilines is 2. The molecule has 1 aliphatic heterocycles. The van der Waals surface area contributed by atoms with Gasteiger partial charge in [-0.2, -0.15) is 0 Å². The minimum absolute atomic E-state index is 0.362. The van der Waals surface area contributed by atoms with Crippen molar-refractivity contribution in [3.63, 3.8) is 0 Å². The molecular weight excluding hydrogens is 266 g/mol. The molecule has 1 fully saturated rings. The summed E-state index contributed by atoms with van der Waals surface area (Å²) in [7, 11) is 1.36. The van der Waals surface area contributed by atoms with E-state index in [0.717, 1.165) is 43.6 Å². The Bertz CT molecular complexity index is 502. The molecule has 0 amide bonds. The Labute approximate surface area is 126 Å². The van der Waals surface area contributed by atoms with Gasteiger partial charge < -0.3 is 15.4 Å². The highest BCUT2D eigenvalue weighted by Gasteiger charge is 2.21. The number of nitrogens with zero attached hydrogens (tertiary/aromatic N) is 2. The number of hydrogen-bond donors (Lipinski definition) is 1. The van der Waals surface area contributed by atoms with Gasteiger partial charge in [-0.05, 0) is 37.2 Å². The van der Waals surface area contributed by atoms with Crippen LogP contribution in [0.1, 0.15) is 43.5 Å². The maximum atomic E-state index is 11.7. The zero-order valence-corrected chi connectivity index (χ0v) is 13.1. The molecule has 0 saturated carbocycles. The van der Waals surface area contributed by atoms with Crippen LogP contribution < -0.4 is 10.6 Å². The molecule has 1 aliphatic rings. The Kier molecular flexibility index (Phi) is 5.04. The molecule has 0 bridgehead atoms. The van der Waals surface area contributed by atoms with Gasteiger partial charge in [0.15, 0.2) is 0 Å². The van der Waals surface area contributed by atoms with Crippen LogP contribution in [0.25, 0.3) is 0 Å². The number of ether oxygens (including phenoxy) is 1. The number of rotatable bonds is 3. The smallest absolute Gasteiger partial charge is 0.340 e. The van der Waals surface area contributed by atoms with Crippen LogP contribution in [-0.4, -0.2) is 31.2 Å². The van der Waals surface area contributed by atoms with E-state index in [4.69, 9.17) is 10.5 Å². The van der Waals surface area contributed by atoms with Crippen molar-refractivity contribution in [2.75, 3.05) is 30.8 Å². The van der Waals surface area contributed by atoms with E-state index in [2.05, 4.69) is 23.7 Å². The zero-order chi connectivity index (χ0) is 15.4. The summed E-state index contributed by atoms with van der Waals surface area (Å²) in [5.41, 5.74) is 6.56. The van der Waals surface area contributed by atoms with E-state index < -0.39 is 5.97 Å². The van der Waals surface area contributed by atoms with Crippen molar-refractivity contribution in [1.29, 1.82) is 0 Å². The largest absolute Gasteiger partial charge is 0.465 e. The van der Waals surface area contributed by atoms with Gasteiger partial charge in [0.25, 0.3) is 0 Å². The lowest BCUT2D eigenvalue weighted by Gasteiger charge is -2.23. The van der Waals surface area contributed by atoms with Gasteiger partial charge in [0, 0.05) is 13.1 Å². The first-order valence-electron chi connectivity index (χ1n) is 7.61. The fourth-order valence-corrected chi connectivity index (χ4v) is 2.93. The van der Waals surface area contributed by atoms with Crippen LogP contribution in [0.4, 0.5) is 11.5 Å². The fraction of sp³-hybridized carbons (Fsp3) is 0.625. The van der Waals surface area contributed by atoms with Crippen molar-refractivity contribution in [2.24, 2.45) is 11.8 Å². The van der Waals surface area contributed by atoms with Crippen LogP contribution in [0.5, 0.6) is 0 Å². The van der Waals surface area contributed by atoms with Gasteiger partial charge >= 0.3 is 5.97 Å². The molecule has 21 heavy (non-hydrogen) atoms. The van der Waals surface area contributed by atoms with Crippen LogP contribution >= 0.6 is 0 Å². The highest BCUT2D eigenvalue weighted by Crippen LogP contribution is 2.27. The molecule has 2 rings (SSSR count). The van der Waals surface area contributed by atoms with E-state index in [9.17, 15) is 4.79 Å². The highest BCUT2D eigenvalue weighted by molar-refractivity contribution is 5.95. The first kappa shape index (κ1) is 15.6. The molecule has 0 aromatic carbocycles. The Morgan fingerprint density at radius 2 is 2.19 bits per heavy atom. The summed E-state index contributed by atoms with van der Waals surface area (Å²) < 4.78 is 4.77. The van der Waals surface area contributed by atoms with Gasteiger partial charge in [-0.25, -0.2) is 9.78 Å². The lowest BCUT2D eigenvalue weighted by Crippen LogP contribution is -2.26. The first-order chi connectivity index (χ1) is 10.0. The van der Waals surface area contributed by atoms with Gasteiger partial charge in [0.2, 0.25) is 0 Å². The van der Waals surface area contributed by atoms with E-state index in [-0.39, 0.29) is 0 Å². The lowest BCUT2D eigenvalue weighted by atomic mass is 9.89. The minimum Gasteiger partial charge on any atom is -0.465 e. The van der Waals surface area contributed by atoms with Gasteiger partial charge in [0.1, 0.15) is 5.82 Å². The number of carbonyl (C=O) groups excluding carboxylic acids is 1. The maximum absolute atomic E-state index is 11.7. The third-order valence-corrected chi connectivity index (χ3v) is 4.37. The molecule has 0 radical (unpaired) electrons. The molecule has 1 atom stereocenters. The number of aromatic nitrogens is 1. The second-order valence-electron chi connectivity index (χ2n) is 6.04. The number of hydrogen-bond acceptors (Lipinski definition) is 5. The summed E-state index contributed by atoms with van der Waals surface area (Å²) in [4.78, 5) is 18.4. The number of nitrogen functional groups attached to an aromatic ring is 1. The Hall–Kier alpha value is -1.78. The number of esters is 1. The minimum atomic E-state index is -0.411. The zero-order valence-electron chi connectivity index (χ0n) is 13.1. The number of methoxy groups -OCH3 is 1. The molecule has 1 aromatic heterocycles. The predicted octanol–water partition coefficient (Wildman–Crippen LogP) is 2.71. The van der Waals surface area contributed by atoms with Gasteiger partial charge in [0.05, 0.1) is 24.6 Å². The topological polar surface area (TPSA) is 68.5 Å². The third kappa shape index (κ3) is 3.65. The molecule has 0 spiro atoms. The highest BCUT2D eigenvalue weighted by atomic mass is 16.5. The third-order valence-electron chi connectivity index (χ3n) is 4.37. The predicted molar refractivity (Wildman–Crippen MR) is 84.4 cm³/mol. The van der Waals surface area contributed by atoms with Crippen molar-refractivity contribution in [3.05, 3.63) is 17.8 Å². The van der Waals surface area contributed by atoms with Crippen LogP contribution in [0.2, 0.25) is 0 Å². The van der Waals surface area contributed by atoms with E-state index in [1.54, 1.807) is 12.3 Å². The molecule has 5 nitrogen and oxygen atoms in total. The summed E-state index contributed by atoms with van der Waals surface area (Å²) >= 11 is 0. The van der Waals surface area contributed by atoms with Crippen molar-refractivity contribution < 1.29 is 9.53 Å². The van der Waals surface area contributed by atoms with Crippen molar-refractivity contribution >= 4 is 17.5 Å². The van der Waals surface area contributed by atoms with Crippen LogP contribution in [-0.2, 0) is 4.74 Å². The monoisotopic (exact) mass is 291 g/mol. The summed E-state index contributed by atoms with van der Waals surface area (Å²) in [5.74, 6) is 1.89. The lowest BCUT2D eigenvalue weighted by molar-refractivity contribution is 0.0602. The Balaban J connectivity index is 2.16. The molecule has 1 aromatic rings. The van der Waals surface area contributed by atoms with Crippen molar-refractivity contribution in [1.82, 2.24) is 4.98 Å². The van der Waals surface area contributed by atoms with Crippen LogP contribution in [0, 0.1) is 11.8 Å². The fourth-order valence-electron chi connectivity index (χ4n) is 2.93. The average Bonchev–Trinajstić information content (AvgIpc) is 2.73. The SMILES string of the molecule is COC(=O)c1cc(N2CCCC(C(C)C)CC2)ncc1N. The van der Waals surface area contributed by atoms with E-state index >= 15 is 0 Å². The summed E-state index contributed by atoms with van der Waals surface area (Å²) in [6.07, 6.45) is 5.12. The molecule has 2 N–H and O–H groups in total. The summed E-state index contributed by atoms with van der Waals surface area (Å²) in [6.45, 7) is 6.52. The Morgan fingerprint density at radius 3 is 2.86 bits per heavy atom. The standard InChI is InChI=1S/C16H25N3O2/c1-11(2)12-5-4-7-19(8-6-12)15-9-13(16(20)21-3)14(17)10-18-15/h9-12H,4-8,17H2,1-3H3. The molecule has 5 heteroatoms. The molecule has 2 heterocycles. The van der Waals surface area contributed by atoms with Crippen LogP contribution in [0.3, 0.4) is 0 Å². The average molecular weight is 291 g/mol. The molecule has 1 unspecified atom stereocenters. The van der Waals surface area contributed by atoms with E-state index in [1.807, 2.05) is 0 Å². The van der Waals surface area contributed by atoms with Gasteiger partial charge in [-0.1, -0.05) is 13.8 Å². The van der Waals surface area contributed by atoms with E-state index in [0.29, 0.717) is 11.3 Å². The van der Waals surface area contributed by atoms with Crippen molar-refractivity contribution in [2.45, 2.75) is 33.1 Å². The summed E-state index contributed by atoms with van der Waals surface area (Å²) in [5, 5.41) is 0.